The van der Waals surface area contributed by atoms with Gasteiger partial charge in [0.15, 0.2) is 0 Å². The van der Waals surface area contributed by atoms with E-state index < -0.39 is 5.97 Å². The molecule has 1 atom stereocenters. The van der Waals surface area contributed by atoms with Crippen LogP contribution in [0.4, 0.5) is 0 Å². The molecular weight excluding hydrogens is 162 g/mol. The van der Waals surface area contributed by atoms with E-state index in [-0.39, 0.29) is 0 Å². The van der Waals surface area contributed by atoms with Crippen molar-refractivity contribution < 1.29 is 9.90 Å². The Morgan fingerprint density at radius 2 is 2.64 bits per heavy atom. The molecule has 2 rings (SSSR count). The highest BCUT2D eigenvalue weighted by Crippen LogP contribution is 2.32. The second-order valence-corrected chi connectivity index (χ2v) is 3.68. The Morgan fingerprint density at radius 1 is 1.82 bits per heavy atom. The fourth-order valence-corrected chi connectivity index (χ4v) is 2.47. The summed E-state index contributed by atoms with van der Waals surface area (Å²) in [7, 11) is 0. The summed E-state index contributed by atoms with van der Waals surface area (Å²) in [6, 6.07) is 0.496. The minimum absolute atomic E-state index is 0.484. The minimum atomic E-state index is -0.790. The fourth-order valence-electron chi connectivity index (χ4n) is 1.41. The third kappa shape index (κ3) is 1.01. The van der Waals surface area contributed by atoms with Crippen molar-refractivity contribution in [3.05, 3.63) is 11.1 Å². The van der Waals surface area contributed by atoms with Crippen LogP contribution in [0.15, 0.2) is 11.1 Å². The first kappa shape index (κ1) is 7.03. The van der Waals surface area contributed by atoms with Gasteiger partial charge in [0.2, 0.25) is 0 Å². The van der Waals surface area contributed by atoms with E-state index in [1.165, 1.54) is 0 Å². The monoisotopic (exact) mass is 171 g/mol. The summed E-state index contributed by atoms with van der Waals surface area (Å²) in [5, 5.41) is 10.5. The first-order valence-corrected chi connectivity index (χ1v) is 4.65. The molecule has 60 valence electrons. The lowest BCUT2D eigenvalue weighted by atomic mass is 10.0. The van der Waals surface area contributed by atoms with Gasteiger partial charge in [0.05, 0.1) is 0 Å². The molecule has 3 nitrogen and oxygen atoms in total. The van der Waals surface area contributed by atoms with Crippen LogP contribution in [0.25, 0.3) is 0 Å². The topological polar surface area (TPSA) is 40.5 Å². The van der Waals surface area contributed by atoms with Crippen molar-refractivity contribution in [1.29, 1.82) is 0 Å². The van der Waals surface area contributed by atoms with Crippen LogP contribution in [-0.4, -0.2) is 34.3 Å². The summed E-state index contributed by atoms with van der Waals surface area (Å²) in [5.41, 5.74) is 0.484. The lowest BCUT2D eigenvalue weighted by Crippen LogP contribution is -2.51. The second kappa shape index (κ2) is 2.44. The number of fused-ring (bicyclic) bond motifs is 1. The third-order valence-electron chi connectivity index (χ3n) is 2.16. The van der Waals surface area contributed by atoms with Gasteiger partial charge in [-0.05, 0) is 6.42 Å². The summed E-state index contributed by atoms with van der Waals surface area (Å²) >= 11 is 1.61. The molecule has 11 heavy (non-hydrogen) atoms. The first-order valence-electron chi connectivity index (χ1n) is 3.61. The summed E-state index contributed by atoms with van der Waals surface area (Å²) in [4.78, 5) is 12.6. The van der Waals surface area contributed by atoms with Crippen molar-refractivity contribution >= 4 is 17.7 Å². The molecule has 2 aliphatic rings. The first-order chi connectivity index (χ1) is 5.29. The molecule has 1 saturated heterocycles. The highest BCUT2D eigenvalue weighted by atomic mass is 32.2. The van der Waals surface area contributed by atoms with Gasteiger partial charge in [0.1, 0.15) is 5.70 Å². The maximum absolute atomic E-state index is 10.6. The van der Waals surface area contributed by atoms with Crippen molar-refractivity contribution in [2.75, 3.05) is 12.3 Å². The Hall–Kier alpha value is -0.640. The van der Waals surface area contributed by atoms with Crippen LogP contribution >= 0.6 is 11.8 Å². The number of carbonyl (C=O) groups is 1. The van der Waals surface area contributed by atoms with Gasteiger partial charge >= 0.3 is 5.97 Å². The number of rotatable bonds is 1. The van der Waals surface area contributed by atoms with E-state index in [0.717, 1.165) is 18.7 Å². The molecule has 0 radical (unpaired) electrons. The Labute approximate surface area is 69.1 Å². The van der Waals surface area contributed by atoms with E-state index in [2.05, 4.69) is 0 Å². The lowest BCUT2D eigenvalue weighted by Gasteiger charge is -2.44. The second-order valence-electron chi connectivity index (χ2n) is 2.78. The van der Waals surface area contributed by atoms with Crippen LogP contribution in [0.5, 0.6) is 0 Å². The maximum atomic E-state index is 10.6. The molecule has 0 aromatic heterocycles. The van der Waals surface area contributed by atoms with Gasteiger partial charge in [-0.2, -0.15) is 0 Å². The molecule has 2 heterocycles. The minimum Gasteiger partial charge on any atom is -0.477 e. The fraction of sp³-hybridized carbons (Fsp3) is 0.571. The molecule has 0 aliphatic carbocycles. The van der Waals surface area contributed by atoms with E-state index in [4.69, 9.17) is 5.11 Å². The number of carboxylic acids is 1. The van der Waals surface area contributed by atoms with E-state index in [0.29, 0.717) is 11.7 Å². The van der Waals surface area contributed by atoms with Gasteiger partial charge in [-0.25, -0.2) is 4.79 Å². The van der Waals surface area contributed by atoms with Crippen molar-refractivity contribution in [3.63, 3.8) is 0 Å². The van der Waals surface area contributed by atoms with Crippen molar-refractivity contribution in [3.8, 4) is 0 Å². The number of hydrogen-bond donors (Lipinski definition) is 1. The van der Waals surface area contributed by atoms with Gasteiger partial charge in [-0.3, -0.25) is 0 Å². The summed E-state index contributed by atoms with van der Waals surface area (Å²) < 4.78 is 0. The molecule has 0 aromatic rings. The molecule has 2 aliphatic heterocycles. The zero-order valence-electron chi connectivity index (χ0n) is 5.99. The third-order valence-corrected chi connectivity index (χ3v) is 3.12. The zero-order valence-corrected chi connectivity index (χ0v) is 6.80. The lowest BCUT2D eigenvalue weighted by molar-refractivity contribution is -0.135. The molecular formula is C7H9NO2S. The van der Waals surface area contributed by atoms with E-state index in [1.807, 2.05) is 4.90 Å². The molecule has 0 amide bonds. The average Bonchev–Trinajstić information content (AvgIpc) is 1.90. The van der Waals surface area contributed by atoms with E-state index in [1.54, 1.807) is 17.2 Å². The van der Waals surface area contributed by atoms with Crippen LogP contribution in [0.1, 0.15) is 6.42 Å². The van der Waals surface area contributed by atoms with Crippen LogP contribution in [0.2, 0.25) is 0 Å². The molecule has 0 aromatic carbocycles. The molecule has 0 spiro atoms. The van der Waals surface area contributed by atoms with E-state index >= 15 is 0 Å². The molecule has 1 fully saturated rings. The summed E-state index contributed by atoms with van der Waals surface area (Å²) in [6.45, 7) is 0.920. The van der Waals surface area contributed by atoms with Crippen LogP contribution in [0, 0.1) is 0 Å². The standard InChI is InChI=1S/C7H9NO2S/c9-7(10)6-4-11-3-5-1-2-8(5)6/h4-5H,1-3H2,(H,9,10). The smallest absolute Gasteiger partial charge is 0.352 e. The quantitative estimate of drug-likeness (QED) is 0.631. The van der Waals surface area contributed by atoms with Crippen LogP contribution in [-0.2, 0) is 4.79 Å². The molecule has 1 N–H and O–H groups in total. The summed E-state index contributed by atoms with van der Waals surface area (Å²) in [5.74, 6) is 0.262. The predicted molar refractivity (Wildman–Crippen MR) is 43.3 cm³/mol. The molecule has 0 saturated carbocycles. The number of aliphatic carboxylic acids is 1. The Kier molecular flexibility index (Phi) is 1.56. The largest absolute Gasteiger partial charge is 0.477 e. The molecule has 1 unspecified atom stereocenters. The van der Waals surface area contributed by atoms with Crippen LogP contribution < -0.4 is 0 Å². The van der Waals surface area contributed by atoms with Gasteiger partial charge < -0.3 is 10.0 Å². The molecule has 0 bridgehead atoms. The number of thioether (sulfide) groups is 1. The van der Waals surface area contributed by atoms with Crippen molar-refractivity contribution in [1.82, 2.24) is 4.90 Å². The number of nitrogens with zero attached hydrogens (tertiary/aromatic N) is 1. The maximum Gasteiger partial charge on any atom is 0.352 e. The van der Waals surface area contributed by atoms with Gasteiger partial charge in [0, 0.05) is 23.7 Å². The van der Waals surface area contributed by atoms with Crippen molar-refractivity contribution in [2.45, 2.75) is 12.5 Å². The van der Waals surface area contributed by atoms with Gasteiger partial charge in [-0.15, -0.1) is 11.8 Å². The number of hydrogen-bond acceptors (Lipinski definition) is 3. The van der Waals surface area contributed by atoms with E-state index in [9.17, 15) is 4.79 Å². The average molecular weight is 171 g/mol. The Morgan fingerprint density at radius 3 is 3.09 bits per heavy atom. The summed E-state index contributed by atoms with van der Waals surface area (Å²) in [6.07, 6.45) is 1.15. The Bertz CT molecular complexity index is 226. The highest BCUT2D eigenvalue weighted by molar-refractivity contribution is 8.02. The van der Waals surface area contributed by atoms with Gasteiger partial charge in [0.25, 0.3) is 0 Å². The SMILES string of the molecule is O=C(O)C1=CSCC2CCN12. The zero-order chi connectivity index (χ0) is 7.84. The van der Waals surface area contributed by atoms with Gasteiger partial charge in [-0.1, -0.05) is 0 Å². The van der Waals surface area contributed by atoms with Crippen molar-refractivity contribution in [2.24, 2.45) is 0 Å². The molecule has 4 heteroatoms. The van der Waals surface area contributed by atoms with Crippen LogP contribution in [0.3, 0.4) is 0 Å². The Balaban J connectivity index is 2.18. The highest BCUT2D eigenvalue weighted by Gasteiger charge is 2.34. The normalized spacial score (nSPS) is 28.5. The predicted octanol–water partition coefficient (Wildman–Crippen LogP) is 0.734. The number of carboxylic acid groups (broad SMARTS) is 1.